The molecule has 2 aromatic heterocycles. The molecule has 324 valence electrons. The molecule has 0 unspecified atom stereocenters. The van der Waals surface area contributed by atoms with Crippen molar-refractivity contribution in [1.29, 1.82) is 0 Å². The monoisotopic (exact) mass is 871 g/mol. The first kappa shape index (κ1) is 44.0. The van der Waals surface area contributed by atoms with E-state index in [1.165, 1.54) is 66.0 Å². The van der Waals surface area contributed by atoms with Crippen LogP contribution in [-0.2, 0) is 117 Å². The summed E-state index contributed by atoms with van der Waals surface area (Å²) in [6.07, 6.45) is 17.9. The van der Waals surface area contributed by atoms with Gasteiger partial charge in [0.25, 0.3) is 5.91 Å². The Morgan fingerprint density at radius 3 is 1.46 bits per heavy atom. The minimum Gasteiger partial charge on any atom is -0.337 e. The molecule has 0 N–H and O–H groups in total. The molecule has 0 bridgehead atoms. The Labute approximate surface area is 356 Å². The maximum absolute atomic E-state index is 13.0. The molecule has 2 aromatic carbocycles. The second kappa shape index (κ2) is 18.1. The summed E-state index contributed by atoms with van der Waals surface area (Å²) in [5.74, 6) is -1.84. The highest BCUT2D eigenvalue weighted by molar-refractivity contribution is 7.92. The second-order valence-electron chi connectivity index (χ2n) is 17.0. The van der Waals surface area contributed by atoms with Gasteiger partial charge in [-0.25, -0.2) is 16.8 Å². The molecule has 14 nitrogen and oxygen atoms in total. The summed E-state index contributed by atoms with van der Waals surface area (Å²) < 4.78 is 53.7. The van der Waals surface area contributed by atoms with E-state index in [1.54, 1.807) is 32.2 Å². The molecule has 2 heterocycles. The Hall–Kier alpha value is -5.05. The van der Waals surface area contributed by atoms with E-state index in [2.05, 4.69) is 22.3 Å². The number of sulfone groups is 2. The summed E-state index contributed by atoms with van der Waals surface area (Å²) in [7, 11) is -2.62. The number of carbonyl (C=O) groups excluding carboxylic acids is 5. The van der Waals surface area contributed by atoms with Crippen LogP contribution in [0.4, 0.5) is 0 Å². The zero-order valence-corrected chi connectivity index (χ0v) is 36.8. The number of amides is 1. The lowest BCUT2D eigenvalue weighted by atomic mass is 9.91. The van der Waals surface area contributed by atoms with Crippen molar-refractivity contribution >= 4 is 43.3 Å². The van der Waals surface area contributed by atoms with Gasteiger partial charge in [-0.05, 0) is 158 Å². The third kappa shape index (κ3) is 9.41. The number of hydrogen-bond acceptors (Lipinski definition) is 11. The summed E-state index contributed by atoms with van der Waals surface area (Å²) >= 11 is 0. The summed E-state index contributed by atoms with van der Waals surface area (Å²) in [6, 6.07) is 7.59. The molecule has 16 heteroatoms. The van der Waals surface area contributed by atoms with E-state index < -0.39 is 31.2 Å². The van der Waals surface area contributed by atoms with Gasteiger partial charge in [-0.15, -0.1) is 0 Å². The van der Waals surface area contributed by atoms with Gasteiger partial charge in [0.05, 0.1) is 0 Å². The molecule has 1 fully saturated rings. The van der Waals surface area contributed by atoms with Crippen LogP contribution in [0, 0.1) is 0 Å². The Kier molecular flexibility index (Phi) is 13.1. The van der Waals surface area contributed by atoms with E-state index in [-0.39, 0.29) is 58.3 Å². The molecular weight excluding hydrogens is 819 g/mol. The molecule has 61 heavy (non-hydrogen) atoms. The summed E-state index contributed by atoms with van der Waals surface area (Å²) in [5.41, 5.74) is 13.0. The maximum Gasteiger partial charge on any atom is 0.373 e. The van der Waals surface area contributed by atoms with E-state index in [4.69, 9.17) is 9.59 Å². The highest BCUT2D eigenvalue weighted by atomic mass is 32.2. The van der Waals surface area contributed by atoms with Gasteiger partial charge < -0.3 is 4.90 Å². The highest BCUT2D eigenvalue weighted by Crippen LogP contribution is 2.37. The Morgan fingerprint density at radius 1 is 0.656 bits per heavy atom. The summed E-state index contributed by atoms with van der Waals surface area (Å²) in [6.45, 7) is 0. The van der Waals surface area contributed by atoms with E-state index in [1.807, 2.05) is 0 Å². The second-order valence-corrected chi connectivity index (χ2v) is 20.9. The maximum atomic E-state index is 13.0. The van der Waals surface area contributed by atoms with E-state index in [9.17, 15) is 31.2 Å². The third-order valence-corrected chi connectivity index (χ3v) is 16.1. The lowest BCUT2D eigenvalue weighted by Gasteiger charge is -2.34. The number of nitrogens with zero attached hydrogens (tertiary/aromatic N) is 5. The van der Waals surface area contributed by atoms with Gasteiger partial charge in [0.2, 0.25) is 19.7 Å². The molecule has 0 aliphatic heterocycles. The SMILES string of the molecule is CN(C(=O)c1cc(S(=O)(=O)CC(=O)Cc2c3c(cc4c2CCC4)CCC3)nn1C)C1CCC1.Cn1ccc(S(=O)(=O)CC(=O)Cc2c3c(cc4c2CCC4)CCC3)n1.O=C=O. The van der Waals surface area contributed by atoms with E-state index in [0.717, 1.165) is 107 Å². The van der Waals surface area contributed by atoms with Crippen LogP contribution in [-0.4, -0.2) is 89.5 Å². The van der Waals surface area contributed by atoms with Crippen LogP contribution in [0.1, 0.15) is 111 Å². The van der Waals surface area contributed by atoms with Crippen molar-refractivity contribution < 1.29 is 40.8 Å². The summed E-state index contributed by atoms with van der Waals surface area (Å²) in [4.78, 5) is 56.3. The van der Waals surface area contributed by atoms with Crippen LogP contribution in [0.15, 0.2) is 40.5 Å². The zero-order chi connectivity index (χ0) is 43.6. The Morgan fingerprint density at radius 2 is 1.08 bits per heavy atom. The molecular formula is C45H53N5O9S2. The average molecular weight is 872 g/mol. The quantitative estimate of drug-likeness (QED) is 0.200. The van der Waals surface area contributed by atoms with Gasteiger partial charge in [0.1, 0.15) is 17.2 Å². The van der Waals surface area contributed by atoms with Gasteiger partial charge in [0.15, 0.2) is 21.6 Å². The van der Waals surface area contributed by atoms with E-state index >= 15 is 0 Å². The first-order valence-electron chi connectivity index (χ1n) is 21.2. The molecule has 5 aliphatic rings. The number of carbonyl (C=O) groups is 3. The molecule has 1 saturated carbocycles. The molecule has 0 spiro atoms. The first-order valence-corrected chi connectivity index (χ1v) is 24.5. The molecule has 9 rings (SSSR count). The predicted molar refractivity (Wildman–Crippen MR) is 224 cm³/mol. The predicted octanol–water partition coefficient (Wildman–Crippen LogP) is 4.01. The largest absolute Gasteiger partial charge is 0.373 e. The van der Waals surface area contributed by atoms with Gasteiger partial charge in [0, 0.05) is 52.3 Å². The first-order chi connectivity index (χ1) is 29.1. The Bertz CT molecular complexity index is 2590. The number of benzene rings is 2. The van der Waals surface area contributed by atoms with Crippen molar-refractivity contribution in [1.82, 2.24) is 24.5 Å². The van der Waals surface area contributed by atoms with Crippen molar-refractivity contribution in [3.05, 3.63) is 91.8 Å². The Balaban J connectivity index is 0.000000179. The lowest BCUT2D eigenvalue weighted by molar-refractivity contribution is -0.191. The number of ketones is 2. The van der Waals surface area contributed by atoms with Crippen LogP contribution < -0.4 is 0 Å². The molecule has 1 amide bonds. The third-order valence-electron chi connectivity index (χ3n) is 13.0. The molecule has 0 radical (unpaired) electrons. The van der Waals surface area contributed by atoms with Crippen molar-refractivity contribution in [3.8, 4) is 0 Å². The van der Waals surface area contributed by atoms with Crippen LogP contribution in [0.2, 0.25) is 0 Å². The fourth-order valence-corrected chi connectivity index (χ4v) is 12.2. The molecule has 5 aliphatic carbocycles. The van der Waals surface area contributed by atoms with Crippen molar-refractivity contribution in [2.45, 2.75) is 125 Å². The van der Waals surface area contributed by atoms with Crippen molar-refractivity contribution in [3.63, 3.8) is 0 Å². The highest BCUT2D eigenvalue weighted by Gasteiger charge is 2.32. The van der Waals surface area contributed by atoms with Gasteiger partial charge >= 0.3 is 6.15 Å². The fraction of sp³-hybridized carbons (Fsp3) is 0.511. The normalized spacial score (nSPS) is 16.2. The number of Topliss-reactive ketones (excluding diaryl/α,β-unsaturated/α-hetero) is 2. The van der Waals surface area contributed by atoms with Crippen molar-refractivity contribution in [2.75, 3.05) is 18.6 Å². The number of aryl methyl sites for hydroxylation is 6. The molecule has 0 saturated heterocycles. The minimum absolute atomic E-state index is 0.0214. The molecule has 0 atom stereocenters. The van der Waals surface area contributed by atoms with Crippen molar-refractivity contribution in [2.24, 2.45) is 14.1 Å². The van der Waals surface area contributed by atoms with Crippen LogP contribution >= 0.6 is 0 Å². The average Bonchev–Trinajstić information content (AvgIpc) is 4.03. The number of aromatic nitrogens is 4. The molecule has 4 aromatic rings. The van der Waals surface area contributed by atoms with Crippen LogP contribution in [0.5, 0.6) is 0 Å². The number of fused-ring (bicyclic) bond motifs is 4. The standard InChI is InChI=1S/C25H31N3O4S.C19H22N2O3S.CO2/c1-27(18-8-5-9-18)25(30)23-14-24(26-28(23)2)33(31,32)15-19(29)13-22-20-10-3-6-16(20)12-17-7-4-11-21(17)22;1-21-9-8-19(20-21)25(23,24)12-15(22)11-18-16-6-2-4-13(16)10-14-5-3-7-17(14)18;2-1-3/h12,14,18H,3-11,13,15H2,1-2H3;8-10H,2-7,11-12H2,1H3;. The topological polar surface area (TPSA) is 193 Å². The summed E-state index contributed by atoms with van der Waals surface area (Å²) in [5, 5.41) is 7.81. The smallest absolute Gasteiger partial charge is 0.337 e. The van der Waals surface area contributed by atoms with Gasteiger partial charge in [-0.2, -0.15) is 19.8 Å². The van der Waals surface area contributed by atoms with Crippen LogP contribution in [0.25, 0.3) is 0 Å². The van der Waals surface area contributed by atoms with Crippen LogP contribution in [0.3, 0.4) is 0 Å². The van der Waals surface area contributed by atoms with E-state index in [0.29, 0.717) is 0 Å². The van der Waals surface area contributed by atoms with Gasteiger partial charge in [-0.3, -0.25) is 23.7 Å². The lowest BCUT2D eigenvalue weighted by Crippen LogP contribution is -2.41. The zero-order valence-electron chi connectivity index (χ0n) is 35.1. The van der Waals surface area contributed by atoms with Gasteiger partial charge in [-0.1, -0.05) is 12.1 Å². The number of rotatable bonds is 12. The minimum atomic E-state index is -3.93. The number of hydrogen-bond donors (Lipinski definition) is 0. The fourth-order valence-electron chi connectivity index (χ4n) is 9.84.